The van der Waals surface area contributed by atoms with Crippen LogP contribution < -0.4 is 5.32 Å². The maximum absolute atomic E-state index is 11.5. The molecule has 0 bridgehead atoms. The summed E-state index contributed by atoms with van der Waals surface area (Å²) in [6, 6.07) is 7.33. The third kappa shape index (κ3) is 2.60. The molecule has 1 N–H and O–H groups in total. The van der Waals surface area contributed by atoms with Gasteiger partial charge in [-0.2, -0.15) is 0 Å². The Labute approximate surface area is 98.6 Å². The summed E-state index contributed by atoms with van der Waals surface area (Å²) in [6.07, 6.45) is 0. The second-order valence-electron chi connectivity index (χ2n) is 2.75. The number of nitrogens with one attached hydrogen (secondary N) is 1. The number of hydrogen-bond donors (Lipinski definition) is 1. The minimum absolute atomic E-state index is 0.244. The molecule has 1 aromatic heterocycles. The van der Waals surface area contributed by atoms with Crippen LogP contribution in [-0.2, 0) is 0 Å². The molecule has 6 heteroatoms. The lowest BCUT2D eigenvalue weighted by molar-refractivity contribution is 0.102. The van der Waals surface area contributed by atoms with E-state index in [1.807, 2.05) is 24.3 Å². The van der Waals surface area contributed by atoms with Crippen molar-refractivity contribution in [2.24, 2.45) is 0 Å². The second-order valence-corrected chi connectivity index (χ2v) is 4.28. The molecule has 1 heterocycles. The molecule has 0 atom stereocenters. The van der Waals surface area contributed by atoms with Crippen LogP contribution in [-0.4, -0.2) is 15.5 Å². The van der Waals surface area contributed by atoms with Gasteiger partial charge in [0.2, 0.25) is 0 Å². The fourth-order valence-corrected chi connectivity index (χ4v) is 1.69. The third-order valence-electron chi connectivity index (χ3n) is 1.69. The Bertz CT molecular complexity index is 455. The van der Waals surface area contributed by atoms with Crippen molar-refractivity contribution in [2.75, 3.05) is 5.32 Å². The molecule has 1 amide bonds. The van der Waals surface area contributed by atoms with Crippen LogP contribution in [0.1, 0.15) is 10.5 Å². The van der Waals surface area contributed by atoms with Crippen LogP contribution in [0.2, 0.25) is 0 Å². The molecule has 0 fully saturated rings. The number of rotatable bonds is 2. The van der Waals surface area contributed by atoms with E-state index in [1.54, 1.807) is 5.38 Å². The van der Waals surface area contributed by atoms with E-state index in [2.05, 4.69) is 30.8 Å². The van der Waals surface area contributed by atoms with E-state index in [1.165, 1.54) is 0 Å². The van der Waals surface area contributed by atoms with Crippen LogP contribution in [0.4, 0.5) is 5.69 Å². The van der Waals surface area contributed by atoms with Crippen molar-refractivity contribution in [2.45, 2.75) is 0 Å². The molecule has 0 spiro atoms. The van der Waals surface area contributed by atoms with Crippen LogP contribution in [0.15, 0.2) is 34.1 Å². The molecule has 2 aromatic rings. The lowest BCUT2D eigenvalue weighted by Crippen LogP contribution is -2.12. The predicted octanol–water partition coefficient (Wildman–Crippen LogP) is 2.55. The first-order valence-corrected chi connectivity index (χ1v) is 5.72. The van der Waals surface area contributed by atoms with E-state index in [4.69, 9.17) is 0 Å². The van der Waals surface area contributed by atoms with Crippen molar-refractivity contribution in [1.29, 1.82) is 0 Å². The number of carbonyl (C=O) groups is 1. The number of halogens is 1. The quantitative estimate of drug-likeness (QED) is 0.922. The standard InChI is InChI=1S/C9H6BrN3OS/c10-6-1-3-7(4-2-6)11-9(14)8-5-15-13-12-8/h1-5H,(H,11,14). The molecule has 15 heavy (non-hydrogen) atoms. The van der Waals surface area contributed by atoms with Crippen molar-refractivity contribution < 1.29 is 4.79 Å². The van der Waals surface area contributed by atoms with Gasteiger partial charge in [-0.15, -0.1) is 5.10 Å². The van der Waals surface area contributed by atoms with Gasteiger partial charge in [-0.05, 0) is 35.8 Å². The van der Waals surface area contributed by atoms with Crippen molar-refractivity contribution in [3.8, 4) is 0 Å². The zero-order chi connectivity index (χ0) is 10.7. The molecule has 1 aromatic carbocycles. The summed E-state index contributed by atoms with van der Waals surface area (Å²) in [5, 5.41) is 8.00. The highest BCUT2D eigenvalue weighted by atomic mass is 79.9. The number of anilines is 1. The van der Waals surface area contributed by atoms with Crippen molar-refractivity contribution >= 4 is 39.1 Å². The van der Waals surface area contributed by atoms with Crippen LogP contribution in [0.5, 0.6) is 0 Å². The third-order valence-corrected chi connectivity index (χ3v) is 2.73. The number of nitrogens with zero attached hydrogens (tertiary/aromatic N) is 2. The molecular weight excluding hydrogens is 278 g/mol. The van der Waals surface area contributed by atoms with Gasteiger partial charge in [-0.1, -0.05) is 20.4 Å². The van der Waals surface area contributed by atoms with Gasteiger partial charge in [0.25, 0.3) is 5.91 Å². The molecule has 0 aliphatic carbocycles. The van der Waals surface area contributed by atoms with E-state index in [0.29, 0.717) is 5.69 Å². The molecule has 2 rings (SSSR count). The molecule has 0 unspecified atom stereocenters. The highest BCUT2D eigenvalue weighted by Gasteiger charge is 2.08. The van der Waals surface area contributed by atoms with Crippen molar-refractivity contribution in [3.05, 3.63) is 39.8 Å². The Hall–Kier alpha value is -1.27. The average molecular weight is 284 g/mol. The molecule has 76 valence electrons. The Morgan fingerprint density at radius 3 is 2.67 bits per heavy atom. The van der Waals surface area contributed by atoms with Gasteiger partial charge < -0.3 is 5.32 Å². The van der Waals surface area contributed by atoms with E-state index in [9.17, 15) is 4.79 Å². The zero-order valence-corrected chi connectivity index (χ0v) is 9.88. The highest BCUT2D eigenvalue weighted by Crippen LogP contribution is 2.14. The van der Waals surface area contributed by atoms with Gasteiger partial charge in [0.15, 0.2) is 5.69 Å². The van der Waals surface area contributed by atoms with Crippen molar-refractivity contribution in [1.82, 2.24) is 9.59 Å². The molecule has 0 radical (unpaired) electrons. The fourth-order valence-electron chi connectivity index (χ4n) is 0.992. The van der Waals surface area contributed by atoms with Gasteiger partial charge in [-0.3, -0.25) is 4.79 Å². The first kappa shape index (κ1) is 10.3. The summed E-state index contributed by atoms with van der Waals surface area (Å²) in [6.45, 7) is 0. The summed E-state index contributed by atoms with van der Waals surface area (Å²) < 4.78 is 4.59. The molecule has 0 aliphatic heterocycles. The average Bonchev–Trinajstić information content (AvgIpc) is 2.74. The van der Waals surface area contributed by atoms with Gasteiger partial charge in [0.05, 0.1) is 0 Å². The van der Waals surface area contributed by atoms with E-state index < -0.39 is 0 Å². The van der Waals surface area contributed by atoms with Gasteiger partial charge >= 0.3 is 0 Å². The Kier molecular flexibility index (Phi) is 3.08. The number of amides is 1. The van der Waals surface area contributed by atoms with Crippen LogP contribution in [0.25, 0.3) is 0 Å². The topological polar surface area (TPSA) is 54.9 Å². The number of aromatic nitrogens is 2. The lowest BCUT2D eigenvalue weighted by atomic mass is 10.3. The predicted molar refractivity (Wildman–Crippen MR) is 62.0 cm³/mol. The normalized spacial score (nSPS) is 9.93. The summed E-state index contributed by atoms with van der Waals surface area (Å²) in [5.74, 6) is -0.244. The number of benzene rings is 1. The number of hydrogen-bond acceptors (Lipinski definition) is 4. The monoisotopic (exact) mass is 283 g/mol. The summed E-state index contributed by atoms with van der Waals surface area (Å²) in [4.78, 5) is 11.5. The van der Waals surface area contributed by atoms with E-state index >= 15 is 0 Å². The Balaban J connectivity index is 2.09. The summed E-state index contributed by atoms with van der Waals surface area (Å²) in [7, 11) is 0. The van der Waals surface area contributed by atoms with Crippen LogP contribution >= 0.6 is 27.5 Å². The van der Waals surface area contributed by atoms with Crippen LogP contribution in [0.3, 0.4) is 0 Å². The first-order valence-electron chi connectivity index (χ1n) is 4.10. The first-order chi connectivity index (χ1) is 7.25. The molecule has 0 aliphatic rings. The minimum atomic E-state index is -0.244. The van der Waals surface area contributed by atoms with Gasteiger partial charge in [0.1, 0.15) is 0 Å². The minimum Gasteiger partial charge on any atom is -0.321 e. The Morgan fingerprint density at radius 2 is 2.07 bits per heavy atom. The van der Waals surface area contributed by atoms with Crippen molar-refractivity contribution in [3.63, 3.8) is 0 Å². The second kappa shape index (κ2) is 4.50. The summed E-state index contributed by atoms with van der Waals surface area (Å²) >= 11 is 4.47. The van der Waals surface area contributed by atoms with E-state index in [0.717, 1.165) is 21.7 Å². The smallest absolute Gasteiger partial charge is 0.277 e. The summed E-state index contributed by atoms with van der Waals surface area (Å²) in [5.41, 5.74) is 1.07. The molecule has 0 saturated heterocycles. The lowest BCUT2D eigenvalue weighted by Gasteiger charge is -2.01. The zero-order valence-electron chi connectivity index (χ0n) is 7.48. The molecule has 0 saturated carbocycles. The maximum Gasteiger partial charge on any atom is 0.277 e. The highest BCUT2D eigenvalue weighted by molar-refractivity contribution is 9.10. The van der Waals surface area contributed by atoms with Gasteiger partial charge in [-0.25, -0.2) is 0 Å². The largest absolute Gasteiger partial charge is 0.321 e. The molecular formula is C9H6BrN3OS. The van der Waals surface area contributed by atoms with E-state index in [-0.39, 0.29) is 5.91 Å². The number of carbonyl (C=O) groups excluding carboxylic acids is 1. The SMILES string of the molecule is O=C(Nc1ccc(Br)cc1)c1csnn1. The Morgan fingerprint density at radius 1 is 1.33 bits per heavy atom. The fraction of sp³-hybridized carbons (Fsp3) is 0. The maximum atomic E-state index is 11.5. The van der Waals surface area contributed by atoms with Crippen LogP contribution in [0, 0.1) is 0 Å². The molecule has 4 nitrogen and oxygen atoms in total. The van der Waals surface area contributed by atoms with Gasteiger partial charge in [0, 0.05) is 15.5 Å².